The normalized spacial score (nSPS) is 12.2. The summed E-state index contributed by atoms with van der Waals surface area (Å²) in [5, 5.41) is 10.3. The molecular weight excluding hydrogens is 397 g/mol. The van der Waals surface area contributed by atoms with Crippen LogP contribution in [0.15, 0.2) is 34.8 Å². The fraction of sp³-hybridized carbons (Fsp3) is 0.200. The van der Waals surface area contributed by atoms with Crippen LogP contribution in [0.25, 0.3) is 5.76 Å². The summed E-state index contributed by atoms with van der Waals surface area (Å²) >= 11 is 0. The van der Waals surface area contributed by atoms with Crippen molar-refractivity contribution in [2.24, 2.45) is 4.99 Å². The lowest BCUT2D eigenvalue weighted by atomic mass is 10.1. The average molecular weight is 413 g/mol. The maximum absolute atomic E-state index is 14.0. The number of benzene rings is 2. The Labute approximate surface area is 163 Å². The molecule has 0 saturated carbocycles. The molecule has 0 atom stereocenters. The van der Waals surface area contributed by atoms with E-state index in [2.05, 4.69) is 4.99 Å². The van der Waals surface area contributed by atoms with E-state index >= 15 is 0 Å². The van der Waals surface area contributed by atoms with E-state index < -0.39 is 52.0 Å². The van der Waals surface area contributed by atoms with Gasteiger partial charge in [-0.05, 0) is 43.2 Å². The van der Waals surface area contributed by atoms with Gasteiger partial charge in [0.05, 0.1) is 17.9 Å². The molecule has 29 heavy (non-hydrogen) atoms. The third-order valence-corrected chi connectivity index (χ3v) is 3.86. The number of ether oxygens (including phenoxy) is 1. The first-order valence-electron chi connectivity index (χ1n) is 8.47. The van der Waals surface area contributed by atoms with Crippen LogP contribution in [0.4, 0.5) is 27.6 Å². The zero-order valence-corrected chi connectivity index (χ0v) is 15.4. The van der Waals surface area contributed by atoms with Gasteiger partial charge >= 0.3 is 5.97 Å². The van der Waals surface area contributed by atoms with Crippen LogP contribution in [0.2, 0.25) is 0 Å². The van der Waals surface area contributed by atoms with Crippen LogP contribution in [-0.2, 0) is 16.0 Å². The van der Waals surface area contributed by atoms with Gasteiger partial charge in [0.15, 0.2) is 23.3 Å². The molecule has 0 aromatic heterocycles. The van der Waals surface area contributed by atoms with Crippen LogP contribution in [0.5, 0.6) is 0 Å². The molecule has 2 aromatic rings. The van der Waals surface area contributed by atoms with Gasteiger partial charge in [0.25, 0.3) is 0 Å². The second-order valence-corrected chi connectivity index (χ2v) is 5.72. The number of carbonyl (C=O) groups is 1. The minimum absolute atomic E-state index is 0.130. The number of hydrogen-bond donors (Lipinski definition) is 1. The smallest absolute Gasteiger partial charge is 0.343 e. The minimum Gasteiger partial charge on any atom is -0.506 e. The molecule has 2 rings (SSSR count). The molecule has 0 unspecified atom stereocenters. The van der Waals surface area contributed by atoms with E-state index in [4.69, 9.17) is 4.74 Å². The van der Waals surface area contributed by atoms with E-state index in [0.29, 0.717) is 12.0 Å². The third-order valence-electron chi connectivity index (χ3n) is 3.86. The first-order chi connectivity index (χ1) is 13.7. The molecule has 0 spiro atoms. The molecule has 9 heteroatoms. The number of aliphatic hydroxyl groups excluding tert-OH is 1. The van der Waals surface area contributed by atoms with Gasteiger partial charge < -0.3 is 9.84 Å². The van der Waals surface area contributed by atoms with Gasteiger partial charge in [0, 0.05) is 6.21 Å². The molecule has 0 radical (unpaired) electrons. The molecular formula is C20H16F5NO3. The van der Waals surface area contributed by atoms with Gasteiger partial charge in [0.2, 0.25) is 0 Å². The largest absolute Gasteiger partial charge is 0.506 e. The van der Waals surface area contributed by atoms with Crippen LogP contribution in [0, 0.1) is 29.1 Å². The van der Waals surface area contributed by atoms with Crippen molar-refractivity contribution in [3.05, 3.63) is 70.1 Å². The van der Waals surface area contributed by atoms with Crippen molar-refractivity contribution in [3.8, 4) is 0 Å². The molecule has 0 bridgehead atoms. The first-order valence-corrected chi connectivity index (χ1v) is 8.47. The Balaban J connectivity index is 2.64. The van der Waals surface area contributed by atoms with E-state index in [0.717, 1.165) is 12.3 Å². The summed E-state index contributed by atoms with van der Waals surface area (Å²) in [4.78, 5) is 16.1. The zero-order chi connectivity index (χ0) is 21.7. The van der Waals surface area contributed by atoms with Gasteiger partial charge in [-0.25, -0.2) is 26.7 Å². The monoisotopic (exact) mass is 413 g/mol. The SMILES string of the molecule is CCOC(=O)C(C=Nc1ccc(F)cc1CC)=C(O)c1cc(F)c(F)c(F)c1F. The van der Waals surface area contributed by atoms with E-state index in [1.54, 1.807) is 6.92 Å². The summed E-state index contributed by atoms with van der Waals surface area (Å²) in [6.07, 6.45) is 1.18. The topological polar surface area (TPSA) is 58.9 Å². The lowest BCUT2D eigenvalue weighted by Gasteiger charge is -2.09. The molecule has 0 saturated heterocycles. The summed E-state index contributed by atoms with van der Waals surface area (Å²) in [5.74, 6) is -10.8. The second kappa shape index (κ2) is 9.31. The third kappa shape index (κ3) is 4.79. The van der Waals surface area contributed by atoms with Gasteiger partial charge in [-0.3, -0.25) is 4.99 Å². The summed E-state index contributed by atoms with van der Waals surface area (Å²) in [7, 11) is 0. The van der Waals surface area contributed by atoms with Crippen LogP contribution in [0.3, 0.4) is 0 Å². The highest BCUT2D eigenvalue weighted by atomic mass is 19.2. The zero-order valence-electron chi connectivity index (χ0n) is 15.4. The molecule has 0 aliphatic carbocycles. The number of hydrogen-bond acceptors (Lipinski definition) is 4. The van der Waals surface area contributed by atoms with Crippen LogP contribution < -0.4 is 0 Å². The van der Waals surface area contributed by atoms with Crippen molar-refractivity contribution >= 4 is 23.6 Å². The van der Waals surface area contributed by atoms with Crippen LogP contribution >= 0.6 is 0 Å². The van der Waals surface area contributed by atoms with Gasteiger partial charge in [0.1, 0.15) is 17.1 Å². The summed E-state index contributed by atoms with van der Waals surface area (Å²) in [6.45, 7) is 3.05. The number of halogens is 5. The number of carbonyl (C=O) groups excluding carboxylic acids is 1. The van der Waals surface area contributed by atoms with Crippen molar-refractivity contribution in [2.45, 2.75) is 20.3 Å². The minimum atomic E-state index is -2.15. The van der Waals surface area contributed by atoms with Gasteiger partial charge in [-0.1, -0.05) is 6.92 Å². The Morgan fingerprint density at radius 2 is 1.76 bits per heavy atom. The lowest BCUT2D eigenvalue weighted by Crippen LogP contribution is -2.12. The number of aliphatic imine (C=N–C) groups is 1. The average Bonchev–Trinajstić information content (AvgIpc) is 2.70. The second-order valence-electron chi connectivity index (χ2n) is 5.72. The molecule has 0 heterocycles. The molecule has 154 valence electrons. The summed E-state index contributed by atoms with van der Waals surface area (Å²) in [5.41, 5.74) is -1.12. The molecule has 0 fully saturated rings. The Morgan fingerprint density at radius 1 is 1.07 bits per heavy atom. The molecule has 0 aliphatic rings. The van der Waals surface area contributed by atoms with E-state index in [1.165, 1.54) is 19.1 Å². The fourth-order valence-corrected chi connectivity index (χ4v) is 2.41. The Bertz CT molecular complexity index is 1000. The molecule has 1 N–H and O–H groups in total. The molecule has 0 amide bonds. The first kappa shape index (κ1) is 22.1. The number of nitrogens with zero attached hydrogens (tertiary/aromatic N) is 1. The summed E-state index contributed by atoms with van der Waals surface area (Å²) < 4.78 is 72.3. The maximum atomic E-state index is 14.0. The number of aliphatic hydroxyl groups is 1. The van der Waals surface area contributed by atoms with E-state index in [9.17, 15) is 31.9 Å². The predicted octanol–water partition coefficient (Wildman–Crippen LogP) is 5.18. The Kier molecular flexibility index (Phi) is 7.08. The highest BCUT2D eigenvalue weighted by Gasteiger charge is 2.25. The van der Waals surface area contributed by atoms with Crippen LogP contribution in [-0.4, -0.2) is 23.9 Å². The van der Waals surface area contributed by atoms with E-state index in [1.807, 2.05) is 0 Å². The van der Waals surface area contributed by atoms with Crippen molar-refractivity contribution in [1.29, 1.82) is 0 Å². The lowest BCUT2D eigenvalue weighted by molar-refractivity contribution is -0.137. The molecule has 4 nitrogen and oxygen atoms in total. The maximum Gasteiger partial charge on any atom is 0.343 e. The highest BCUT2D eigenvalue weighted by Crippen LogP contribution is 2.26. The predicted molar refractivity (Wildman–Crippen MR) is 96.4 cm³/mol. The van der Waals surface area contributed by atoms with Crippen molar-refractivity contribution in [3.63, 3.8) is 0 Å². The number of esters is 1. The molecule has 0 aliphatic heterocycles. The summed E-state index contributed by atoms with van der Waals surface area (Å²) in [6, 6.07) is 3.84. The van der Waals surface area contributed by atoms with Gasteiger partial charge in [-0.2, -0.15) is 0 Å². The number of aryl methyl sites for hydroxylation is 1. The Morgan fingerprint density at radius 3 is 2.38 bits per heavy atom. The van der Waals surface area contributed by atoms with E-state index in [-0.39, 0.29) is 18.4 Å². The highest BCUT2D eigenvalue weighted by molar-refractivity contribution is 6.15. The quantitative estimate of drug-likeness (QED) is 0.135. The van der Waals surface area contributed by atoms with Crippen molar-refractivity contribution in [2.75, 3.05) is 6.61 Å². The van der Waals surface area contributed by atoms with Crippen LogP contribution in [0.1, 0.15) is 25.0 Å². The van der Waals surface area contributed by atoms with Crippen molar-refractivity contribution < 1.29 is 36.6 Å². The standard InChI is InChI=1S/C20H16F5NO3/c1-3-10-7-11(21)5-6-15(10)26-9-13(20(28)29-4-2)19(27)12-8-14(22)17(24)18(25)16(12)23/h5-9,27H,3-4H2,1-2H3. The molecule has 2 aromatic carbocycles. The number of rotatable bonds is 6. The van der Waals surface area contributed by atoms with Gasteiger partial charge in [-0.15, -0.1) is 0 Å². The van der Waals surface area contributed by atoms with Crippen molar-refractivity contribution in [1.82, 2.24) is 0 Å². The fourth-order valence-electron chi connectivity index (χ4n) is 2.41. The Hall–Kier alpha value is -3.23.